The van der Waals surface area contributed by atoms with Crippen LogP contribution in [-0.4, -0.2) is 45.3 Å². The average molecular weight is 372 g/mol. The molecule has 7 heteroatoms. The summed E-state index contributed by atoms with van der Waals surface area (Å²) in [4.78, 5) is 26.8. The standard InChI is InChI=1S/C20H21FN2O4/c1-13-3-5-17(21)15(11-13)19(24)22-18-6-4-14(12-16(18)20(25)26-2)23-7-9-27-10-8-23/h3-6,11-12H,7-10H2,1-2H3,(H,22,24). The molecular weight excluding hydrogens is 351 g/mol. The highest BCUT2D eigenvalue weighted by Gasteiger charge is 2.20. The summed E-state index contributed by atoms with van der Waals surface area (Å²) in [5.41, 5.74) is 1.99. The van der Waals surface area contributed by atoms with E-state index in [1.165, 1.54) is 19.2 Å². The summed E-state index contributed by atoms with van der Waals surface area (Å²) in [5, 5.41) is 2.62. The molecule has 1 amide bonds. The minimum absolute atomic E-state index is 0.0805. The molecule has 1 heterocycles. The maximum absolute atomic E-state index is 14.0. The van der Waals surface area contributed by atoms with Crippen molar-refractivity contribution in [2.75, 3.05) is 43.6 Å². The minimum Gasteiger partial charge on any atom is -0.465 e. The summed E-state index contributed by atoms with van der Waals surface area (Å²) in [6, 6.07) is 9.39. The first kappa shape index (κ1) is 18.8. The zero-order chi connectivity index (χ0) is 19.4. The van der Waals surface area contributed by atoms with Crippen molar-refractivity contribution >= 4 is 23.3 Å². The quantitative estimate of drug-likeness (QED) is 0.836. The van der Waals surface area contributed by atoms with E-state index in [-0.39, 0.29) is 16.8 Å². The Balaban J connectivity index is 1.90. The molecule has 1 aliphatic heterocycles. The van der Waals surface area contributed by atoms with E-state index in [1.807, 2.05) is 0 Å². The molecule has 6 nitrogen and oxygen atoms in total. The van der Waals surface area contributed by atoms with E-state index >= 15 is 0 Å². The van der Waals surface area contributed by atoms with Gasteiger partial charge in [0, 0.05) is 18.8 Å². The van der Waals surface area contributed by atoms with Crippen molar-refractivity contribution in [3.05, 3.63) is 58.9 Å². The maximum Gasteiger partial charge on any atom is 0.340 e. The Labute approximate surface area is 156 Å². The first-order valence-corrected chi connectivity index (χ1v) is 8.62. The first-order valence-electron chi connectivity index (χ1n) is 8.62. The SMILES string of the molecule is COC(=O)c1cc(N2CCOCC2)ccc1NC(=O)c1cc(C)ccc1F. The zero-order valence-electron chi connectivity index (χ0n) is 15.3. The summed E-state index contributed by atoms with van der Waals surface area (Å²) in [6.07, 6.45) is 0. The fraction of sp³-hybridized carbons (Fsp3) is 0.300. The van der Waals surface area contributed by atoms with Gasteiger partial charge in [-0.3, -0.25) is 4.79 Å². The Kier molecular flexibility index (Phi) is 5.71. The van der Waals surface area contributed by atoms with E-state index in [9.17, 15) is 14.0 Å². The molecule has 0 radical (unpaired) electrons. The summed E-state index contributed by atoms with van der Waals surface area (Å²) >= 11 is 0. The van der Waals surface area contributed by atoms with E-state index in [4.69, 9.17) is 9.47 Å². The number of nitrogens with one attached hydrogen (secondary N) is 1. The molecule has 0 aromatic heterocycles. The second-order valence-corrected chi connectivity index (χ2v) is 6.26. The lowest BCUT2D eigenvalue weighted by molar-refractivity contribution is 0.0602. The summed E-state index contributed by atoms with van der Waals surface area (Å²) in [7, 11) is 1.27. The lowest BCUT2D eigenvalue weighted by atomic mass is 10.1. The minimum atomic E-state index is -0.625. The number of hydrogen-bond donors (Lipinski definition) is 1. The Bertz CT molecular complexity index is 863. The largest absolute Gasteiger partial charge is 0.465 e. The highest BCUT2D eigenvalue weighted by atomic mass is 19.1. The highest BCUT2D eigenvalue weighted by molar-refractivity contribution is 6.08. The van der Waals surface area contributed by atoms with Gasteiger partial charge in [-0.05, 0) is 37.3 Å². The average Bonchev–Trinajstić information content (AvgIpc) is 2.70. The molecule has 0 atom stereocenters. The predicted molar refractivity (Wildman–Crippen MR) is 99.9 cm³/mol. The molecule has 0 spiro atoms. The normalized spacial score (nSPS) is 14.0. The van der Waals surface area contributed by atoms with Gasteiger partial charge < -0.3 is 19.7 Å². The molecule has 0 aliphatic carbocycles. The molecule has 0 saturated carbocycles. The Morgan fingerprint density at radius 2 is 1.85 bits per heavy atom. The van der Waals surface area contributed by atoms with Crippen LogP contribution in [0.2, 0.25) is 0 Å². The van der Waals surface area contributed by atoms with Gasteiger partial charge in [-0.15, -0.1) is 0 Å². The number of ether oxygens (including phenoxy) is 2. The molecule has 1 aliphatic rings. The van der Waals surface area contributed by atoms with E-state index in [0.717, 1.165) is 11.3 Å². The van der Waals surface area contributed by atoms with Crippen LogP contribution in [0.5, 0.6) is 0 Å². The molecule has 1 saturated heterocycles. The third kappa shape index (κ3) is 4.25. The Morgan fingerprint density at radius 3 is 2.56 bits per heavy atom. The number of halogens is 1. The molecular formula is C20H21FN2O4. The van der Waals surface area contributed by atoms with Crippen LogP contribution in [-0.2, 0) is 9.47 Å². The van der Waals surface area contributed by atoms with Crippen molar-refractivity contribution in [3.63, 3.8) is 0 Å². The van der Waals surface area contributed by atoms with Crippen molar-refractivity contribution in [1.29, 1.82) is 0 Å². The van der Waals surface area contributed by atoms with Gasteiger partial charge >= 0.3 is 5.97 Å². The van der Waals surface area contributed by atoms with Crippen LogP contribution in [0.15, 0.2) is 36.4 Å². The van der Waals surface area contributed by atoms with Gasteiger partial charge in [0.1, 0.15) is 5.82 Å². The third-order valence-corrected chi connectivity index (χ3v) is 4.40. The molecule has 2 aromatic carbocycles. The van der Waals surface area contributed by atoms with Crippen molar-refractivity contribution in [2.45, 2.75) is 6.92 Å². The molecule has 3 rings (SSSR count). The van der Waals surface area contributed by atoms with Crippen molar-refractivity contribution in [1.82, 2.24) is 0 Å². The summed E-state index contributed by atoms with van der Waals surface area (Å²) in [6.45, 7) is 4.41. The van der Waals surface area contributed by atoms with Gasteiger partial charge in [-0.25, -0.2) is 9.18 Å². The number of amides is 1. The van der Waals surface area contributed by atoms with Crippen LogP contribution in [0.1, 0.15) is 26.3 Å². The summed E-state index contributed by atoms with van der Waals surface area (Å²) < 4.78 is 24.2. The van der Waals surface area contributed by atoms with Crippen LogP contribution in [0.25, 0.3) is 0 Å². The fourth-order valence-corrected chi connectivity index (χ4v) is 2.94. The van der Waals surface area contributed by atoms with Crippen LogP contribution in [0.4, 0.5) is 15.8 Å². The topological polar surface area (TPSA) is 67.9 Å². The van der Waals surface area contributed by atoms with Gasteiger partial charge in [-0.1, -0.05) is 11.6 Å². The van der Waals surface area contributed by atoms with Gasteiger partial charge in [0.2, 0.25) is 0 Å². The number of hydrogen-bond acceptors (Lipinski definition) is 5. The Hall–Kier alpha value is -2.93. The van der Waals surface area contributed by atoms with Crippen molar-refractivity contribution < 1.29 is 23.5 Å². The number of nitrogens with zero attached hydrogens (tertiary/aromatic N) is 1. The molecule has 27 heavy (non-hydrogen) atoms. The second kappa shape index (κ2) is 8.18. The second-order valence-electron chi connectivity index (χ2n) is 6.26. The zero-order valence-corrected chi connectivity index (χ0v) is 15.3. The predicted octanol–water partition coefficient (Wildman–Crippen LogP) is 3.01. The maximum atomic E-state index is 14.0. The van der Waals surface area contributed by atoms with Gasteiger partial charge in [0.25, 0.3) is 5.91 Å². The lowest BCUT2D eigenvalue weighted by Crippen LogP contribution is -2.36. The van der Waals surface area contributed by atoms with E-state index in [1.54, 1.807) is 31.2 Å². The highest BCUT2D eigenvalue weighted by Crippen LogP contribution is 2.26. The molecule has 142 valence electrons. The van der Waals surface area contributed by atoms with Crippen LogP contribution in [0, 0.1) is 12.7 Å². The number of morpholine rings is 1. The fourth-order valence-electron chi connectivity index (χ4n) is 2.94. The van der Waals surface area contributed by atoms with Gasteiger partial charge in [-0.2, -0.15) is 0 Å². The number of benzene rings is 2. The number of rotatable bonds is 4. The molecule has 0 unspecified atom stereocenters. The molecule has 0 bridgehead atoms. The lowest BCUT2D eigenvalue weighted by Gasteiger charge is -2.29. The van der Waals surface area contributed by atoms with E-state index < -0.39 is 17.7 Å². The number of anilines is 2. The van der Waals surface area contributed by atoms with Crippen molar-refractivity contribution in [2.24, 2.45) is 0 Å². The number of carbonyl (C=O) groups excluding carboxylic acids is 2. The van der Waals surface area contributed by atoms with Crippen LogP contribution >= 0.6 is 0 Å². The van der Waals surface area contributed by atoms with Crippen LogP contribution < -0.4 is 10.2 Å². The number of aryl methyl sites for hydroxylation is 1. The number of methoxy groups -OCH3 is 1. The number of carbonyl (C=O) groups is 2. The molecule has 2 aromatic rings. The molecule has 1 fully saturated rings. The van der Waals surface area contributed by atoms with Crippen molar-refractivity contribution in [3.8, 4) is 0 Å². The monoisotopic (exact) mass is 372 g/mol. The Morgan fingerprint density at radius 1 is 1.11 bits per heavy atom. The smallest absolute Gasteiger partial charge is 0.340 e. The summed E-state index contributed by atoms with van der Waals surface area (Å²) in [5.74, 6) is -1.83. The van der Waals surface area contributed by atoms with Crippen LogP contribution in [0.3, 0.4) is 0 Å². The number of esters is 1. The third-order valence-electron chi connectivity index (χ3n) is 4.40. The van der Waals surface area contributed by atoms with Gasteiger partial charge in [0.05, 0.1) is 37.1 Å². The van der Waals surface area contributed by atoms with Gasteiger partial charge in [0.15, 0.2) is 0 Å². The first-order chi connectivity index (χ1) is 13.0. The van der Waals surface area contributed by atoms with E-state index in [2.05, 4.69) is 10.2 Å². The van der Waals surface area contributed by atoms with E-state index in [0.29, 0.717) is 26.3 Å². The molecule has 1 N–H and O–H groups in total.